The number of benzene rings is 3. The number of nitrogens with zero attached hydrogens (tertiary/aromatic N) is 1. The smallest absolute Gasteiger partial charge is 0.326 e. The van der Waals surface area contributed by atoms with Crippen molar-refractivity contribution in [1.82, 2.24) is 4.90 Å². The average Bonchev–Trinajstić information content (AvgIpc) is 3.17. The summed E-state index contributed by atoms with van der Waals surface area (Å²) in [6.45, 7) is 0.330. The monoisotopic (exact) mass is 508 g/mol. The second-order valence-corrected chi connectivity index (χ2v) is 9.87. The van der Waals surface area contributed by atoms with Crippen LogP contribution in [0.25, 0.3) is 0 Å². The average molecular weight is 509 g/mol. The molecule has 3 amide bonds. The highest BCUT2D eigenvalue weighted by molar-refractivity contribution is 6.09. The standard InChI is InChI=1S/C30H24N2O6/c1-16(33)17-10-12-18(13-11-17)31-23(34)15-38-24(35)14-32-29(36)27-25-19-6-2-3-7-20(19)26(28(27)30(32)37)22-9-5-4-8-21(22)25/h2-13,25-28H,14-15H2,1H3,(H,31,34)/t25?,26?,27-,28-/m0/s1. The Labute approximate surface area is 218 Å². The molecule has 190 valence electrons. The molecule has 0 spiro atoms. The zero-order valence-corrected chi connectivity index (χ0v) is 20.5. The summed E-state index contributed by atoms with van der Waals surface area (Å²) in [6, 6.07) is 22.1. The van der Waals surface area contributed by atoms with E-state index >= 15 is 0 Å². The van der Waals surface area contributed by atoms with Crippen LogP contribution in [-0.4, -0.2) is 47.5 Å². The van der Waals surface area contributed by atoms with E-state index in [0.717, 1.165) is 27.2 Å². The largest absolute Gasteiger partial charge is 0.454 e. The van der Waals surface area contributed by atoms with Crippen molar-refractivity contribution in [2.24, 2.45) is 11.8 Å². The van der Waals surface area contributed by atoms with Gasteiger partial charge in [-0.3, -0.25) is 28.9 Å². The first-order valence-electron chi connectivity index (χ1n) is 12.4. The Morgan fingerprint density at radius 2 is 1.24 bits per heavy atom. The van der Waals surface area contributed by atoms with E-state index in [1.54, 1.807) is 24.3 Å². The summed E-state index contributed by atoms with van der Waals surface area (Å²) >= 11 is 0. The van der Waals surface area contributed by atoms with E-state index < -0.39 is 36.9 Å². The highest BCUT2D eigenvalue weighted by atomic mass is 16.5. The first-order valence-corrected chi connectivity index (χ1v) is 12.4. The van der Waals surface area contributed by atoms with Gasteiger partial charge in [0, 0.05) is 23.1 Å². The summed E-state index contributed by atoms with van der Waals surface area (Å²) in [7, 11) is 0. The van der Waals surface area contributed by atoms with Crippen LogP contribution in [0.4, 0.5) is 5.69 Å². The summed E-state index contributed by atoms with van der Waals surface area (Å²) in [5.74, 6) is -3.94. The molecule has 38 heavy (non-hydrogen) atoms. The van der Waals surface area contributed by atoms with Crippen molar-refractivity contribution in [3.8, 4) is 0 Å². The number of carbonyl (C=O) groups excluding carboxylic acids is 5. The molecule has 7 rings (SSSR count). The van der Waals surface area contributed by atoms with E-state index in [2.05, 4.69) is 5.32 Å². The predicted molar refractivity (Wildman–Crippen MR) is 136 cm³/mol. The van der Waals surface area contributed by atoms with Crippen molar-refractivity contribution in [3.63, 3.8) is 0 Å². The lowest BCUT2D eigenvalue weighted by atomic mass is 9.55. The van der Waals surface area contributed by atoms with Gasteiger partial charge in [-0.15, -0.1) is 0 Å². The van der Waals surface area contributed by atoms with Gasteiger partial charge < -0.3 is 10.1 Å². The van der Waals surface area contributed by atoms with Crippen LogP contribution in [-0.2, 0) is 23.9 Å². The Bertz CT molecular complexity index is 1400. The molecule has 1 heterocycles. The van der Waals surface area contributed by atoms with E-state index in [-0.39, 0.29) is 29.4 Å². The van der Waals surface area contributed by atoms with Crippen molar-refractivity contribution in [3.05, 3.63) is 101 Å². The molecule has 1 saturated heterocycles. The van der Waals surface area contributed by atoms with Crippen LogP contribution >= 0.6 is 0 Å². The van der Waals surface area contributed by atoms with Gasteiger partial charge in [0.05, 0.1) is 11.8 Å². The summed E-state index contributed by atoms with van der Waals surface area (Å²) in [5, 5.41) is 2.58. The van der Waals surface area contributed by atoms with Crippen molar-refractivity contribution >= 4 is 35.2 Å². The maximum absolute atomic E-state index is 13.5. The maximum Gasteiger partial charge on any atom is 0.326 e. The summed E-state index contributed by atoms with van der Waals surface area (Å²) in [6.07, 6.45) is 0. The van der Waals surface area contributed by atoms with Crippen LogP contribution in [0, 0.1) is 11.8 Å². The lowest BCUT2D eigenvalue weighted by Gasteiger charge is -2.45. The highest BCUT2D eigenvalue weighted by Gasteiger charge is 2.61. The van der Waals surface area contributed by atoms with Crippen LogP contribution < -0.4 is 5.32 Å². The number of esters is 1. The Morgan fingerprint density at radius 3 is 1.68 bits per heavy atom. The zero-order valence-electron chi connectivity index (χ0n) is 20.5. The van der Waals surface area contributed by atoms with Crippen molar-refractivity contribution in [2.45, 2.75) is 18.8 Å². The van der Waals surface area contributed by atoms with Crippen molar-refractivity contribution < 1.29 is 28.7 Å². The SMILES string of the molecule is CC(=O)c1ccc(NC(=O)COC(=O)CN2C(=O)[C@H]3C4c5ccccc5C(c5ccccc54)[C@@H]3C2=O)cc1. The number of imide groups is 1. The first-order chi connectivity index (χ1) is 18.3. The third-order valence-electron chi connectivity index (χ3n) is 7.77. The number of likely N-dealkylation sites (tertiary alicyclic amines) is 1. The second-order valence-electron chi connectivity index (χ2n) is 9.87. The molecular formula is C30H24N2O6. The molecular weight excluding hydrogens is 484 g/mol. The minimum absolute atomic E-state index is 0.0941. The molecule has 2 bridgehead atoms. The van der Waals surface area contributed by atoms with Crippen LogP contribution in [0.5, 0.6) is 0 Å². The number of rotatable bonds is 6. The van der Waals surface area contributed by atoms with Crippen LogP contribution in [0.2, 0.25) is 0 Å². The highest BCUT2D eigenvalue weighted by Crippen LogP contribution is 2.60. The van der Waals surface area contributed by atoms with E-state index in [9.17, 15) is 24.0 Å². The maximum atomic E-state index is 13.5. The van der Waals surface area contributed by atoms with Gasteiger partial charge >= 0.3 is 5.97 Å². The quantitative estimate of drug-likeness (QED) is 0.311. The molecule has 3 aliphatic carbocycles. The van der Waals surface area contributed by atoms with Crippen molar-refractivity contribution in [2.75, 3.05) is 18.5 Å². The number of amides is 3. The van der Waals surface area contributed by atoms with Gasteiger partial charge in [-0.05, 0) is 53.4 Å². The molecule has 4 aliphatic rings. The van der Waals surface area contributed by atoms with Crippen molar-refractivity contribution in [1.29, 1.82) is 0 Å². The summed E-state index contributed by atoms with van der Waals surface area (Å²) in [4.78, 5) is 64.3. The summed E-state index contributed by atoms with van der Waals surface area (Å²) < 4.78 is 5.09. The molecule has 3 aromatic rings. The Kier molecular flexibility index (Phi) is 5.67. The minimum atomic E-state index is -0.838. The Morgan fingerprint density at radius 1 is 0.763 bits per heavy atom. The number of ether oxygens (including phenoxy) is 1. The van der Waals surface area contributed by atoms with E-state index in [1.165, 1.54) is 6.92 Å². The van der Waals surface area contributed by atoms with E-state index in [1.807, 2.05) is 48.5 Å². The molecule has 0 radical (unpaired) electrons. The number of hydrogen-bond donors (Lipinski definition) is 1. The topological polar surface area (TPSA) is 110 Å². The van der Waals surface area contributed by atoms with Gasteiger partial charge in [0.1, 0.15) is 6.54 Å². The third kappa shape index (κ3) is 3.72. The number of nitrogens with one attached hydrogen (secondary N) is 1. The van der Waals surface area contributed by atoms with E-state index in [0.29, 0.717) is 11.3 Å². The number of ketones is 1. The van der Waals surface area contributed by atoms with Gasteiger partial charge in [-0.25, -0.2) is 0 Å². The number of carbonyl (C=O) groups is 5. The van der Waals surface area contributed by atoms with Crippen LogP contribution in [0.3, 0.4) is 0 Å². The van der Waals surface area contributed by atoms with Gasteiger partial charge in [0.15, 0.2) is 12.4 Å². The van der Waals surface area contributed by atoms with Gasteiger partial charge in [-0.2, -0.15) is 0 Å². The number of anilines is 1. The van der Waals surface area contributed by atoms with Gasteiger partial charge in [0.2, 0.25) is 11.8 Å². The fourth-order valence-electron chi connectivity index (χ4n) is 6.20. The Balaban J connectivity index is 1.15. The van der Waals surface area contributed by atoms with Gasteiger partial charge in [-0.1, -0.05) is 48.5 Å². The molecule has 0 saturated carbocycles. The molecule has 1 N–H and O–H groups in total. The first kappa shape index (κ1) is 23.8. The normalized spacial score (nSPS) is 22.4. The lowest BCUT2D eigenvalue weighted by Crippen LogP contribution is -2.41. The fourth-order valence-corrected chi connectivity index (χ4v) is 6.20. The third-order valence-corrected chi connectivity index (χ3v) is 7.77. The molecule has 1 fully saturated rings. The molecule has 3 aromatic carbocycles. The molecule has 8 nitrogen and oxygen atoms in total. The number of Topliss-reactive ketones (excluding diaryl/α,β-unsaturated/α-hetero) is 1. The van der Waals surface area contributed by atoms with Crippen LogP contribution in [0.15, 0.2) is 72.8 Å². The predicted octanol–water partition coefficient (Wildman–Crippen LogP) is 3.26. The summed E-state index contributed by atoms with van der Waals surface area (Å²) in [5.41, 5.74) is 5.16. The minimum Gasteiger partial charge on any atom is -0.454 e. The lowest BCUT2D eigenvalue weighted by molar-refractivity contribution is -0.154. The molecule has 0 aromatic heterocycles. The molecule has 0 unspecified atom stereocenters. The zero-order chi connectivity index (χ0) is 26.6. The van der Waals surface area contributed by atoms with Crippen LogP contribution in [0.1, 0.15) is 51.4 Å². The molecule has 8 heteroatoms. The van der Waals surface area contributed by atoms with Gasteiger partial charge in [0.25, 0.3) is 5.91 Å². The molecule has 2 atom stereocenters. The molecule has 1 aliphatic heterocycles. The van der Waals surface area contributed by atoms with E-state index in [4.69, 9.17) is 4.74 Å². The fraction of sp³-hybridized carbons (Fsp3) is 0.233. The Hall–Kier alpha value is -4.59. The number of hydrogen-bond acceptors (Lipinski definition) is 6. The second kappa shape index (κ2) is 9.06.